The molecule has 0 aliphatic rings. The van der Waals surface area contributed by atoms with Gasteiger partial charge in [0.25, 0.3) is 0 Å². The highest BCUT2D eigenvalue weighted by molar-refractivity contribution is 7.89. The maximum Gasteiger partial charge on any atom is 0.303 e. The number of nitriles is 1. The first kappa shape index (κ1) is 15.1. The van der Waals surface area contributed by atoms with Crippen LogP contribution < -0.4 is 4.72 Å². The van der Waals surface area contributed by atoms with E-state index in [1.54, 1.807) is 0 Å². The Morgan fingerprint density at radius 2 is 2.11 bits per heavy atom. The minimum atomic E-state index is -3.64. The summed E-state index contributed by atoms with van der Waals surface area (Å²) in [5.41, 5.74) is 0.272. The second kappa shape index (κ2) is 6.87. The molecule has 0 aliphatic carbocycles. The zero-order chi connectivity index (χ0) is 14.3. The van der Waals surface area contributed by atoms with E-state index < -0.39 is 16.0 Å². The Morgan fingerprint density at radius 1 is 1.37 bits per heavy atom. The molecule has 0 atom stereocenters. The van der Waals surface area contributed by atoms with Gasteiger partial charge in [-0.05, 0) is 31.0 Å². The van der Waals surface area contributed by atoms with E-state index in [9.17, 15) is 13.2 Å². The number of benzene rings is 1. The van der Waals surface area contributed by atoms with E-state index in [0.717, 1.165) is 0 Å². The zero-order valence-corrected chi connectivity index (χ0v) is 11.0. The van der Waals surface area contributed by atoms with Crippen LogP contribution in [0, 0.1) is 11.3 Å². The number of unbranched alkanes of at least 4 members (excludes halogenated alkanes) is 1. The van der Waals surface area contributed by atoms with Gasteiger partial charge >= 0.3 is 5.97 Å². The molecule has 0 fully saturated rings. The summed E-state index contributed by atoms with van der Waals surface area (Å²) in [5, 5.41) is 17.1. The fraction of sp³-hybridized carbons (Fsp3) is 0.333. The molecule has 0 heterocycles. The van der Waals surface area contributed by atoms with Crippen molar-refractivity contribution in [3.8, 4) is 6.07 Å². The summed E-state index contributed by atoms with van der Waals surface area (Å²) >= 11 is 0. The monoisotopic (exact) mass is 282 g/mol. The van der Waals surface area contributed by atoms with E-state index in [-0.39, 0.29) is 23.4 Å². The van der Waals surface area contributed by atoms with Crippen molar-refractivity contribution in [3.05, 3.63) is 29.8 Å². The number of nitrogens with zero attached hydrogens (tertiary/aromatic N) is 1. The van der Waals surface area contributed by atoms with Crippen LogP contribution in [0.2, 0.25) is 0 Å². The lowest BCUT2D eigenvalue weighted by atomic mass is 10.2. The third kappa shape index (κ3) is 5.07. The standard InChI is InChI=1S/C12H14N2O4S/c13-9-10-4-3-5-11(8-10)19(17,18)14-7-2-1-6-12(15)16/h3-5,8,14H,1-2,6-7H2,(H,15,16). The molecule has 0 radical (unpaired) electrons. The van der Waals surface area contributed by atoms with Crippen molar-refractivity contribution in [1.29, 1.82) is 5.26 Å². The number of nitrogens with one attached hydrogen (secondary N) is 1. The van der Waals surface area contributed by atoms with Gasteiger partial charge in [-0.1, -0.05) is 6.07 Å². The van der Waals surface area contributed by atoms with Crippen LogP contribution in [0.15, 0.2) is 29.2 Å². The Balaban J connectivity index is 2.56. The topological polar surface area (TPSA) is 107 Å². The third-order valence-corrected chi connectivity index (χ3v) is 3.84. The number of carbonyl (C=O) groups is 1. The maximum absolute atomic E-state index is 11.9. The first-order chi connectivity index (χ1) is 8.95. The SMILES string of the molecule is N#Cc1cccc(S(=O)(=O)NCCCCC(=O)O)c1. The molecule has 1 rings (SSSR count). The van der Waals surface area contributed by atoms with Gasteiger partial charge in [-0.3, -0.25) is 4.79 Å². The van der Waals surface area contributed by atoms with E-state index in [0.29, 0.717) is 12.8 Å². The molecule has 0 aromatic heterocycles. The fourth-order valence-corrected chi connectivity index (χ4v) is 2.54. The largest absolute Gasteiger partial charge is 0.481 e. The van der Waals surface area contributed by atoms with E-state index in [1.807, 2.05) is 6.07 Å². The molecular formula is C12H14N2O4S. The van der Waals surface area contributed by atoms with Gasteiger partial charge in [0.15, 0.2) is 0 Å². The van der Waals surface area contributed by atoms with Crippen molar-refractivity contribution in [3.63, 3.8) is 0 Å². The summed E-state index contributed by atoms with van der Waals surface area (Å²) in [5.74, 6) is -0.899. The Morgan fingerprint density at radius 3 is 2.74 bits per heavy atom. The Hall–Kier alpha value is -1.91. The molecule has 1 aromatic rings. The lowest BCUT2D eigenvalue weighted by Crippen LogP contribution is -2.25. The molecule has 6 nitrogen and oxygen atoms in total. The number of hydrogen-bond donors (Lipinski definition) is 2. The van der Waals surface area contributed by atoms with Crippen LogP contribution in [0.3, 0.4) is 0 Å². The third-order valence-electron chi connectivity index (χ3n) is 2.38. The molecule has 0 amide bonds. The molecule has 1 aromatic carbocycles. The molecular weight excluding hydrogens is 268 g/mol. The smallest absolute Gasteiger partial charge is 0.303 e. The zero-order valence-electron chi connectivity index (χ0n) is 10.2. The number of aliphatic carboxylic acids is 1. The van der Waals surface area contributed by atoms with E-state index in [2.05, 4.69) is 4.72 Å². The molecule has 0 saturated heterocycles. The minimum Gasteiger partial charge on any atom is -0.481 e. The second-order valence-corrected chi connectivity index (χ2v) is 5.66. The van der Waals surface area contributed by atoms with Crippen molar-refractivity contribution in [2.75, 3.05) is 6.54 Å². The van der Waals surface area contributed by atoms with Crippen LogP contribution in [-0.4, -0.2) is 26.0 Å². The van der Waals surface area contributed by atoms with Gasteiger partial charge in [0.1, 0.15) is 0 Å². The van der Waals surface area contributed by atoms with Gasteiger partial charge in [0.2, 0.25) is 10.0 Å². The van der Waals surface area contributed by atoms with Crippen LogP contribution >= 0.6 is 0 Å². The van der Waals surface area contributed by atoms with Gasteiger partial charge in [-0.15, -0.1) is 0 Å². The first-order valence-corrected chi connectivity index (χ1v) is 7.15. The first-order valence-electron chi connectivity index (χ1n) is 5.67. The molecule has 7 heteroatoms. The normalized spacial score (nSPS) is 10.9. The number of rotatable bonds is 7. The fourth-order valence-electron chi connectivity index (χ4n) is 1.42. The molecule has 0 aliphatic heterocycles. The summed E-state index contributed by atoms with van der Waals surface area (Å²) in [6.45, 7) is 0.173. The summed E-state index contributed by atoms with van der Waals surface area (Å²) in [6, 6.07) is 7.58. The number of sulfonamides is 1. The molecule has 19 heavy (non-hydrogen) atoms. The highest BCUT2D eigenvalue weighted by Gasteiger charge is 2.13. The van der Waals surface area contributed by atoms with Crippen LogP contribution in [0.5, 0.6) is 0 Å². The predicted molar refractivity (Wildman–Crippen MR) is 67.8 cm³/mol. The summed E-state index contributed by atoms with van der Waals surface area (Å²) < 4.78 is 26.1. The Labute approximate surface area is 111 Å². The summed E-state index contributed by atoms with van der Waals surface area (Å²) in [4.78, 5) is 10.3. The van der Waals surface area contributed by atoms with Crippen molar-refractivity contribution >= 4 is 16.0 Å². The molecule has 102 valence electrons. The highest BCUT2D eigenvalue weighted by atomic mass is 32.2. The highest BCUT2D eigenvalue weighted by Crippen LogP contribution is 2.10. The van der Waals surface area contributed by atoms with Crippen LogP contribution in [0.25, 0.3) is 0 Å². The average molecular weight is 282 g/mol. The summed E-state index contributed by atoms with van der Waals surface area (Å²) in [6.07, 6.45) is 0.880. The van der Waals surface area contributed by atoms with Gasteiger partial charge in [-0.25, -0.2) is 13.1 Å². The predicted octanol–water partition coefficient (Wildman–Crippen LogP) is 1.09. The molecule has 0 saturated carbocycles. The Bertz CT molecular complexity index is 590. The summed E-state index contributed by atoms with van der Waals surface area (Å²) in [7, 11) is -3.64. The van der Waals surface area contributed by atoms with Crippen LogP contribution in [-0.2, 0) is 14.8 Å². The molecule has 0 unspecified atom stereocenters. The average Bonchev–Trinajstić information content (AvgIpc) is 2.38. The molecule has 2 N–H and O–H groups in total. The van der Waals surface area contributed by atoms with E-state index >= 15 is 0 Å². The van der Waals surface area contributed by atoms with Gasteiger partial charge in [-0.2, -0.15) is 5.26 Å². The molecule has 0 spiro atoms. The van der Waals surface area contributed by atoms with E-state index in [1.165, 1.54) is 24.3 Å². The molecule has 0 bridgehead atoms. The number of carboxylic acid groups (broad SMARTS) is 1. The van der Waals surface area contributed by atoms with Gasteiger partial charge < -0.3 is 5.11 Å². The second-order valence-electron chi connectivity index (χ2n) is 3.89. The van der Waals surface area contributed by atoms with Crippen molar-refractivity contribution in [2.45, 2.75) is 24.2 Å². The van der Waals surface area contributed by atoms with Crippen molar-refractivity contribution in [2.24, 2.45) is 0 Å². The number of hydrogen-bond acceptors (Lipinski definition) is 4. The lowest BCUT2D eigenvalue weighted by Gasteiger charge is -2.06. The maximum atomic E-state index is 11.9. The minimum absolute atomic E-state index is 0.0195. The van der Waals surface area contributed by atoms with Crippen LogP contribution in [0.4, 0.5) is 0 Å². The quantitative estimate of drug-likeness (QED) is 0.728. The lowest BCUT2D eigenvalue weighted by molar-refractivity contribution is -0.137. The van der Waals surface area contributed by atoms with E-state index in [4.69, 9.17) is 10.4 Å². The van der Waals surface area contributed by atoms with Crippen LogP contribution in [0.1, 0.15) is 24.8 Å². The Kier molecular flexibility index (Phi) is 5.48. The van der Waals surface area contributed by atoms with Gasteiger partial charge in [0, 0.05) is 13.0 Å². The number of carboxylic acids is 1. The van der Waals surface area contributed by atoms with Crippen molar-refractivity contribution in [1.82, 2.24) is 4.72 Å². The van der Waals surface area contributed by atoms with Crippen molar-refractivity contribution < 1.29 is 18.3 Å². The van der Waals surface area contributed by atoms with Gasteiger partial charge in [0.05, 0.1) is 16.5 Å².